The highest BCUT2D eigenvalue weighted by Gasteiger charge is 2.30. The van der Waals surface area contributed by atoms with Crippen molar-refractivity contribution in [3.05, 3.63) is 82.2 Å². The maximum Gasteiger partial charge on any atom is 0.273 e. The molecule has 136 valence electrons. The molecule has 8 nitrogen and oxygen atoms in total. The molecule has 1 aromatic carbocycles. The van der Waals surface area contributed by atoms with Gasteiger partial charge in [-0.05, 0) is 37.3 Å². The Kier molecular flexibility index (Phi) is 4.92. The Balaban J connectivity index is 2.04. The lowest BCUT2D eigenvalue weighted by Gasteiger charge is -2.21. The van der Waals surface area contributed by atoms with E-state index in [1.54, 1.807) is 24.3 Å². The molecule has 0 atom stereocenters. The van der Waals surface area contributed by atoms with Crippen molar-refractivity contribution in [3.63, 3.8) is 0 Å². The van der Waals surface area contributed by atoms with Crippen LogP contribution in [-0.4, -0.2) is 17.6 Å². The van der Waals surface area contributed by atoms with Gasteiger partial charge < -0.3 is 8.83 Å². The van der Waals surface area contributed by atoms with Crippen LogP contribution in [0.2, 0.25) is 0 Å². The molecular weight excluding hydrogens is 360 g/mol. The van der Waals surface area contributed by atoms with Crippen LogP contribution >= 0.6 is 0 Å². The Morgan fingerprint density at radius 1 is 1.00 bits per heavy atom. The Bertz CT molecular complexity index is 958. The second-order valence-corrected chi connectivity index (χ2v) is 7.50. The van der Waals surface area contributed by atoms with Crippen LogP contribution in [0.4, 0.5) is 5.69 Å². The van der Waals surface area contributed by atoms with Gasteiger partial charge in [-0.2, -0.15) is 4.31 Å². The molecule has 0 aliphatic heterocycles. The minimum atomic E-state index is -4.03. The fraction of sp³-hybridized carbons (Fsp3) is 0.176. The summed E-state index contributed by atoms with van der Waals surface area (Å²) in [6.07, 6.45) is 2.90. The first-order valence-electron chi connectivity index (χ1n) is 7.68. The summed E-state index contributed by atoms with van der Waals surface area (Å²) in [4.78, 5) is 10.4. The van der Waals surface area contributed by atoms with E-state index in [2.05, 4.69) is 0 Å². The summed E-state index contributed by atoms with van der Waals surface area (Å²) >= 11 is 0. The fourth-order valence-electron chi connectivity index (χ4n) is 2.60. The average molecular weight is 376 g/mol. The molecule has 26 heavy (non-hydrogen) atoms. The normalized spacial score (nSPS) is 11.8. The van der Waals surface area contributed by atoms with Gasteiger partial charge in [0.2, 0.25) is 10.0 Å². The Morgan fingerprint density at radius 3 is 2.04 bits per heavy atom. The predicted octanol–water partition coefficient (Wildman–Crippen LogP) is 3.48. The molecule has 0 saturated carbocycles. The van der Waals surface area contributed by atoms with Gasteiger partial charge in [0.05, 0.1) is 35.4 Å². The first-order valence-corrected chi connectivity index (χ1v) is 9.12. The third kappa shape index (κ3) is 3.53. The first-order chi connectivity index (χ1) is 12.4. The van der Waals surface area contributed by atoms with Crippen molar-refractivity contribution in [1.82, 2.24) is 4.31 Å². The molecule has 0 saturated heterocycles. The Hall–Kier alpha value is -2.91. The molecule has 0 amide bonds. The second-order valence-electron chi connectivity index (χ2n) is 5.59. The molecule has 0 unspecified atom stereocenters. The zero-order valence-electron chi connectivity index (χ0n) is 13.9. The molecule has 3 rings (SSSR count). The van der Waals surface area contributed by atoms with Gasteiger partial charge in [-0.25, -0.2) is 8.42 Å². The molecular formula is C17H16N2O6S. The number of benzene rings is 1. The summed E-state index contributed by atoms with van der Waals surface area (Å²) in [6, 6.07) is 10.6. The number of rotatable bonds is 7. The van der Waals surface area contributed by atoms with Crippen LogP contribution in [-0.2, 0) is 23.1 Å². The second kappa shape index (κ2) is 7.14. The maximum atomic E-state index is 13.2. The van der Waals surface area contributed by atoms with Crippen molar-refractivity contribution in [1.29, 1.82) is 0 Å². The number of nitro groups is 1. The smallest absolute Gasteiger partial charge is 0.273 e. The Labute approximate surface area is 149 Å². The topological polar surface area (TPSA) is 107 Å². The standard InChI is InChI=1S/C17H16N2O6S/c1-13-16(19(20)21)7-2-8-17(13)26(22,23)18(11-14-5-3-9-24-14)12-15-6-4-10-25-15/h2-10H,11-12H2,1H3. The van der Waals surface area contributed by atoms with E-state index in [9.17, 15) is 18.5 Å². The van der Waals surface area contributed by atoms with Crippen LogP contribution < -0.4 is 0 Å². The van der Waals surface area contributed by atoms with E-state index in [1.807, 2.05) is 0 Å². The lowest BCUT2D eigenvalue weighted by Crippen LogP contribution is -2.30. The Morgan fingerprint density at radius 2 is 1.58 bits per heavy atom. The molecule has 0 bridgehead atoms. The van der Waals surface area contributed by atoms with E-state index >= 15 is 0 Å². The summed E-state index contributed by atoms with van der Waals surface area (Å²) in [7, 11) is -4.03. The van der Waals surface area contributed by atoms with Gasteiger partial charge >= 0.3 is 0 Å². The molecule has 0 aliphatic rings. The van der Waals surface area contributed by atoms with E-state index in [4.69, 9.17) is 8.83 Å². The number of hydrogen-bond acceptors (Lipinski definition) is 6. The van der Waals surface area contributed by atoms with Crippen LogP contribution in [0.15, 0.2) is 68.7 Å². The number of nitrogens with zero attached hydrogens (tertiary/aromatic N) is 2. The van der Waals surface area contributed by atoms with Gasteiger partial charge in [0.1, 0.15) is 11.5 Å². The SMILES string of the molecule is Cc1c([N+](=O)[O-])cccc1S(=O)(=O)N(Cc1ccco1)Cc1ccco1. The van der Waals surface area contributed by atoms with Crippen LogP contribution in [0.1, 0.15) is 17.1 Å². The molecule has 0 N–H and O–H groups in total. The van der Waals surface area contributed by atoms with Gasteiger partial charge in [-0.1, -0.05) is 6.07 Å². The van der Waals surface area contributed by atoms with Crippen LogP contribution in [0.25, 0.3) is 0 Å². The van der Waals surface area contributed by atoms with Crippen LogP contribution in [0, 0.1) is 17.0 Å². The molecule has 2 heterocycles. The summed E-state index contributed by atoms with van der Waals surface area (Å²) in [6.45, 7) is 1.36. The van der Waals surface area contributed by atoms with Crippen molar-refractivity contribution in [2.45, 2.75) is 24.9 Å². The summed E-state index contributed by atoms with van der Waals surface area (Å²) < 4.78 is 38.1. The number of furan rings is 2. The van der Waals surface area contributed by atoms with E-state index in [0.29, 0.717) is 11.5 Å². The van der Waals surface area contributed by atoms with E-state index < -0.39 is 14.9 Å². The highest BCUT2D eigenvalue weighted by atomic mass is 32.2. The quantitative estimate of drug-likeness (QED) is 0.461. The largest absolute Gasteiger partial charge is 0.468 e. The van der Waals surface area contributed by atoms with Gasteiger partial charge in [-0.3, -0.25) is 10.1 Å². The summed E-state index contributed by atoms with van der Waals surface area (Å²) in [5.74, 6) is 0.895. The van der Waals surface area contributed by atoms with E-state index in [-0.39, 0.29) is 29.2 Å². The fourth-order valence-corrected chi connectivity index (χ4v) is 4.21. The summed E-state index contributed by atoms with van der Waals surface area (Å²) in [5, 5.41) is 11.2. The number of nitro benzene ring substituents is 1. The van der Waals surface area contributed by atoms with Crippen molar-refractivity contribution >= 4 is 15.7 Å². The molecule has 9 heteroatoms. The average Bonchev–Trinajstić information content (AvgIpc) is 3.27. The van der Waals surface area contributed by atoms with Crippen LogP contribution in [0.5, 0.6) is 0 Å². The molecule has 2 aromatic heterocycles. The van der Waals surface area contributed by atoms with Crippen molar-refractivity contribution in [3.8, 4) is 0 Å². The monoisotopic (exact) mass is 376 g/mol. The highest BCUT2D eigenvalue weighted by Crippen LogP contribution is 2.29. The van der Waals surface area contributed by atoms with Gasteiger partial charge in [-0.15, -0.1) is 0 Å². The van der Waals surface area contributed by atoms with Crippen molar-refractivity contribution < 1.29 is 22.2 Å². The first kappa shape index (κ1) is 17.9. The number of hydrogen-bond donors (Lipinski definition) is 0. The maximum absolute atomic E-state index is 13.2. The lowest BCUT2D eigenvalue weighted by molar-refractivity contribution is -0.385. The van der Waals surface area contributed by atoms with E-state index in [1.165, 1.54) is 37.6 Å². The summed E-state index contributed by atoms with van der Waals surface area (Å²) in [5.41, 5.74) is -0.164. The third-order valence-corrected chi connectivity index (χ3v) is 5.83. The lowest BCUT2D eigenvalue weighted by atomic mass is 10.2. The minimum Gasteiger partial charge on any atom is -0.468 e. The van der Waals surface area contributed by atoms with Crippen molar-refractivity contribution in [2.75, 3.05) is 0 Å². The highest BCUT2D eigenvalue weighted by molar-refractivity contribution is 7.89. The van der Waals surface area contributed by atoms with Gasteiger partial charge in [0.25, 0.3) is 5.69 Å². The zero-order valence-corrected chi connectivity index (χ0v) is 14.7. The van der Waals surface area contributed by atoms with Gasteiger partial charge in [0, 0.05) is 11.6 Å². The van der Waals surface area contributed by atoms with Crippen molar-refractivity contribution in [2.24, 2.45) is 0 Å². The zero-order chi connectivity index (χ0) is 18.7. The minimum absolute atomic E-state index is 0.0296. The molecule has 3 aromatic rings. The van der Waals surface area contributed by atoms with E-state index in [0.717, 1.165) is 4.31 Å². The molecule has 0 aliphatic carbocycles. The molecule has 0 spiro atoms. The predicted molar refractivity (Wildman–Crippen MR) is 91.7 cm³/mol. The van der Waals surface area contributed by atoms with Crippen LogP contribution in [0.3, 0.4) is 0 Å². The van der Waals surface area contributed by atoms with Gasteiger partial charge in [0.15, 0.2) is 0 Å². The number of sulfonamides is 1. The third-order valence-electron chi connectivity index (χ3n) is 3.89. The molecule has 0 radical (unpaired) electrons. The molecule has 0 fully saturated rings.